The molecule has 1 heterocycles. The fourth-order valence-corrected chi connectivity index (χ4v) is 3.43. The number of hydrogen-bond donors (Lipinski definition) is 1. The predicted octanol–water partition coefficient (Wildman–Crippen LogP) is 2.42. The van der Waals surface area contributed by atoms with E-state index in [9.17, 15) is 9.90 Å². The second-order valence-electron chi connectivity index (χ2n) is 6.02. The molecule has 4 nitrogen and oxygen atoms in total. The molecule has 2 fully saturated rings. The van der Waals surface area contributed by atoms with Gasteiger partial charge in [0.05, 0.1) is 0 Å². The topological polar surface area (TPSA) is 49.8 Å². The van der Waals surface area contributed by atoms with Gasteiger partial charge >= 0.3 is 6.09 Å². The summed E-state index contributed by atoms with van der Waals surface area (Å²) in [7, 11) is 0. The molecule has 1 unspecified atom stereocenters. The van der Waals surface area contributed by atoms with E-state index in [4.69, 9.17) is 4.74 Å². The second kappa shape index (κ2) is 5.44. The number of hydrogen-bond acceptors (Lipinski definition) is 3. The molecular formula is C16H21NO3. The molecule has 1 aliphatic heterocycles. The average molecular weight is 275 g/mol. The molecule has 0 aromatic heterocycles. The zero-order valence-corrected chi connectivity index (χ0v) is 11.6. The molecule has 1 saturated heterocycles. The van der Waals surface area contributed by atoms with Crippen molar-refractivity contribution in [3.8, 4) is 0 Å². The van der Waals surface area contributed by atoms with Crippen LogP contribution >= 0.6 is 0 Å². The van der Waals surface area contributed by atoms with Crippen LogP contribution in [0.1, 0.15) is 24.8 Å². The fraction of sp³-hybridized carbons (Fsp3) is 0.562. The third-order valence-corrected chi connectivity index (χ3v) is 4.85. The molecule has 1 aromatic rings. The smallest absolute Gasteiger partial charge is 0.410 e. The largest absolute Gasteiger partial charge is 0.445 e. The molecule has 2 aliphatic rings. The number of benzene rings is 1. The van der Waals surface area contributed by atoms with Crippen molar-refractivity contribution in [1.82, 2.24) is 4.90 Å². The summed E-state index contributed by atoms with van der Waals surface area (Å²) in [6.07, 6.45) is 3.21. The zero-order chi connectivity index (χ0) is 14.0. The van der Waals surface area contributed by atoms with E-state index in [0.29, 0.717) is 13.2 Å². The van der Waals surface area contributed by atoms with E-state index in [0.717, 1.165) is 24.9 Å². The van der Waals surface area contributed by atoms with E-state index in [1.165, 1.54) is 6.42 Å². The van der Waals surface area contributed by atoms with Crippen LogP contribution in [0.3, 0.4) is 0 Å². The van der Waals surface area contributed by atoms with Crippen molar-refractivity contribution in [2.45, 2.75) is 25.9 Å². The molecule has 1 spiro atoms. The third-order valence-electron chi connectivity index (χ3n) is 4.85. The number of rotatable bonds is 3. The Balaban J connectivity index is 1.56. The van der Waals surface area contributed by atoms with Crippen LogP contribution in [0, 0.1) is 11.3 Å². The summed E-state index contributed by atoms with van der Waals surface area (Å²) in [4.78, 5) is 13.9. The molecule has 108 valence electrons. The summed E-state index contributed by atoms with van der Waals surface area (Å²) in [6, 6.07) is 9.70. The molecule has 20 heavy (non-hydrogen) atoms. The van der Waals surface area contributed by atoms with Gasteiger partial charge in [0.15, 0.2) is 0 Å². The summed E-state index contributed by atoms with van der Waals surface area (Å²) in [5, 5.41) is 9.50. The van der Waals surface area contributed by atoms with Gasteiger partial charge in [-0.05, 0) is 23.8 Å². The van der Waals surface area contributed by atoms with Crippen molar-refractivity contribution in [2.24, 2.45) is 11.3 Å². The maximum Gasteiger partial charge on any atom is 0.410 e. The molecule has 0 bridgehead atoms. The number of ether oxygens (including phenoxy) is 1. The van der Waals surface area contributed by atoms with Gasteiger partial charge in [0.1, 0.15) is 6.61 Å². The van der Waals surface area contributed by atoms with Crippen molar-refractivity contribution in [3.63, 3.8) is 0 Å². The van der Waals surface area contributed by atoms with E-state index >= 15 is 0 Å². The van der Waals surface area contributed by atoms with Crippen molar-refractivity contribution < 1.29 is 14.6 Å². The molecular weight excluding hydrogens is 254 g/mol. The van der Waals surface area contributed by atoms with Gasteiger partial charge in [0, 0.05) is 25.6 Å². The number of nitrogens with zero attached hydrogens (tertiary/aromatic N) is 1. The molecule has 1 N–H and O–H groups in total. The summed E-state index contributed by atoms with van der Waals surface area (Å²) in [5.41, 5.74) is 1.16. The number of carbonyl (C=O) groups is 1. The highest BCUT2D eigenvalue weighted by molar-refractivity contribution is 5.68. The molecule has 4 heteroatoms. The van der Waals surface area contributed by atoms with Crippen molar-refractivity contribution in [2.75, 3.05) is 19.7 Å². The van der Waals surface area contributed by atoms with Crippen molar-refractivity contribution >= 4 is 6.09 Å². The van der Waals surface area contributed by atoms with E-state index in [1.54, 1.807) is 4.90 Å². The van der Waals surface area contributed by atoms with Crippen LogP contribution in [0.25, 0.3) is 0 Å². The first-order chi connectivity index (χ1) is 9.73. The van der Waals surface area contributed by atoms with Crippen LogP contribution in [-0.2, 0) is 11.3 Å². The predicted molar refractivity (Wildman–Crippen MR) is 75.1 cm³/mol. The number of aliphatic hydroxyl groups excluding tert-OH is 1. The summed E-state index contributed by atoms with van der Waals surface area (Å²) < 4.78 is 5.37. The fourth-order valence-electron chi connectivity index (χ4n) is 3.43. The SMILES string of the molecule is O=C(OCc1ccccc1)N1CC(CO)C2(CCC2)C1. The van der Waals surface area contributed by atoms with Gasteiger partial charge in [0.25, 0.3) is 0 Å². The lowest BCUT2D eigenvalue weighted by atomic mass is 9.63. The highest BCUT2D eigenvalue weighted by Gasteiger charge is 2.51. The Morgan fingerprint density at radius 2 is 2.10 bits per heavy atom. The van der Waals surface area contributed by atoms with Gasteiger partial charge in [-0.2, -0.15) is 0 Å². The Bertz CT molecular complexity index is 470. The Kier molecular flexibility index (Phi) is 3.66. The molecule has 1 saturated carbocycles. The first-order valence-corrected chi connectivity index (χ1v) is 7.30. The van der Waals surface area contributed by atoms with Crippen LogP contribution in [0.15, 0.2) is 30.3 Å². The third kappa shape index (κ3) is 2.40. The minimum Gasteiger partial charge on any atom is -0.445 e. The number of carbonyl (C=O) groups excluding carboxylic acids is 1. The van der Waals surface area contributed by atoms with Crippen molar-refractivity contribution in [3.05, 3.63) is 35.9 Å². The van der Waals surface area contributed by atoms with Crippen LogP contribution in [0.5, 0.6) is 0 Å². The van der Waals surface area contributed by atoms with Crippen LogP contribution in [0.4, 0.5) is 4.79 Å². The maximum absolute atomic E-state index is 12.1. The van der Waals surface area contributed by atoms with Crippen LogP contribution in [-0.4, -0.2) is 35.8 Å². The molecule has 1 atom stereocenters. The van der Waals surface area contributed by atoms with Gasteiger partial charge in [-0.3, -0.25) is 0 Å². The number of amides is 1. The zero-order valence-electron chi connectivity index (χ0n) is 11.6. The lowest BCUT2D eigenvalue weighted by Crippen LogP contribution is -2.39. The average Bonchev–Trinajstić information content (AvgIpc) is 2.86. The summed E-state index contributed by atoms with van der Waals surface area (Å²) in [5.74, 6) is 0.223. The van der Waals surface area contributed by atoms with Crippen molar-refractivity contribution in [1.29, 1.82) is 0 Å². The molecule has 1 aliphatic carbocycles. The molecule has 1 amide bonds. The first-order valence-electron chi connectivity index (χ1n) is 7.30. The Morgan fingerprint density at radius 3 is 2.65 bits per heavy atom. The quantitative estimate of drug-likeness (QED) is 0.921. The second-order valence-corrected chi connectivity index (χ2v) is 6.02. The highest BCUT2D eigenvalue weighted by atomic mass is 16.6. The van der Waals surface area contributed by atoms with Gasteiger partial charge in [-0.25, -0.2) is 4.79 Å². The van der Waals surface area contributed by atoms with Gasteiger partial charge in [-0.15, -0.1) is 0 Å². The number of likely N-dealkylation sites (tertiary alicyclic amines) is 1. The minimum atomic E-state index is -0.254. The Labute approximate surface area is 119 Å². The van der Waals surface area contributed by atoms with Gasteiger partial charge in [-0.1, -0.05) is 36.8 Å². The maximum atomic E-state index is 12.1. The molecule has 3 rings (SSSR count). The molecule has 1 aromatic carbocycles. The Hall–Kier alpha value is -1.55. The first kappa shape index (κ1) is 13.4. The minimum absolute atomic E-state index is 0.167. The normalized spacial score (nSPS) is 23.6. The highest BCUT2D eigenvalue weighted by Crippen LogP contribution is 2.51. The Morgan fingerprint density at radius 1 is 1.35 bits per heavy atom. The van der Waals surface area contributed by atoms with E-state index in [1.807, 2.05) is 30.3 Å². The van der Waals surface area contributed by atoms with Crippen LogP contribution < -0.4 is 0 Å². The lowest BCUT2D eigenvalue weighted by Gasteiger charge is -2.42. The van der Waals surface area contributed by atoms with E-state index in [-0.39, 0.29) is 24.0 Å². The number of aliphatic hydroxyl groups is 1. The monoisotopic (exact) mass is 275 g/mol. The lowest BCUT2D eigenvalue weighted by molar-refractivity contribution is 0.0523. The van der Waals surface area contributed by atoms with Crippen LogP contribution in [0.2, 0.25) is 0 Å². The van der Waals surface area contributed by atoms with Gasteiger partial charge in [0.2, 0.25) is 0 Å². The van der Waals surface area contributed by atoms with Gasteiger partial charge < -0.3 is 14.7 Å². The van der Waals surface area contributed by atoms with E-state index in [2.05, 4.69) is 0 Å². The van der Waals surface area contributed by atoms with E-state index < -0.39 is 0 Å². The molecule has 0 radical (unpaired) electrons. The summed E-state index contributed by atoms with van der Waals surface area (Å²) in [6.45, 7) is 1.85. The summed E-state index contributed by atoms with van der Waals surface area (Å²) >= 11 is 0. The standard InChI is InChI=1S/C16H21NO3/c18-10-14-9-17(12-16(14)7-4-8-16)15(19)20-11-13-5-2-1-3-6-13/h1-3,5-6,14,18H,4,7-12H2.